The Hall–Kier alpha value is -1.77. The molecule has 2 bridgehead atoms. The van der Waals surface area contributed by atoms with Crippen molar-refractivity contribution in [2.75, 3.05) is 13.7 Å². The number of hydrogen-bond donors (Lipinski definition) is 0. The van der Waals surface area contributed by atoms with Gasteiger partial charge in [-0.25, -0.2) is 4.79 Å². The molecule has 1 fully saturated rings. The lowest BCUT2D eigenvalue weighted by Crippen LogP contribution is -2.51. The lowest BCUT2D eigenvalue weighted by atomic mass is 9.74. The van der Waals surface area contributed by atoms with Crippen LogP contribution >= 0.6 is 0 Å². The SMILES string of the molecule is COC(=O)N1C[C@@H]2C=C[C@H]1[C@H](c1ccccc1)C2. The van der Waals surface area contributed by atoms with Crippen molar-refractivity contribution >= 4 is 6.09 Å². The van der Waals surface area contributed by atoms with Crippen molar-refractivity contribution in [3.05, 3.63) is 48.0 Å². The Balaban J connectivity index is 1.90. The molecule has 0 unspecified atom stereocenters. The summed E-state index contributed by atoms with van der Waals surface area (Å²) in [4.78, 5) is 13.7. The van der Waals surface area contributed by atoms with Crippen LogP contribution in [0.15, 0.2) is 42.5 Å². The van der Waals surface area contributed by atoms with E-state index in [-0.39, 0.29) is 12.1 Å². The number of amides is 1. The van der Waals surface area contributed by atoms with E-state index >= 15 is 0 Å². The van der Waals surface area contributed by atoms with Crippen LogP contribution in [-0.4, -0.2) is 30.7 Å². The van der Waals surface area contributed by atoms with Crippen molar-refractivity contribution < 1.29 is 9.53 Å². The number of piperidine rings is 1. The molecule has 1 aromatic carbocycles. The maximum Gasteiger partial charge on any atom is 0.410 e. The van der Waals surface area contributed by atoms with Crippen molar-refractivity contribution in [2.45, 2.75) is 18.4 Å². The van der Waals surface area contributed by atoms with Crippen LogP contribution in [0.3, 0.4) is 0 Å². The first-order valence-corrected chi connectivity index (χ1v) is 6.37. The molecular formula is C15H17NO2. The first-order valence-electron chi connectivity index (χ1n) is 6.37. The minimum atomic E-state index is -0.213. The van der Waals surface area contributed by atoms with E-state index in [2.05, 4.69) is 36.4 Å². The first kappa shape index (κ1) is 11.3. The zero-order chi connectivity index (χ0) is 12.5. The molecule has 94 valence electrons. The first-order chi connectivity index (χ1) is 8.79. The highest BCUT2D eigenvalue weighted by Crippen LogP contribution is 2.40. The van der Waals surface area contributed by atoms with Crippen LogP contribution in [0.5, 0.6) is 0 Å². The van der Waals surface area contributed by atoms with Crippen LogP contribution in [-0.2, 0) is 4.74 Å². The third-order valence-electron chi connectivity index (χ3n) is 3.98. The zero-order valence-electron chi connectivity index (χ0n) is 10.5. The highest BCUT2D eigenvalue weighted by atomic mass is 16.5. The molecule has 1 aliphatic carbocycles. The number of nitrogens with zero attached hydrogens (tertiary/aromatic N) is 1. The number of carbonyl (C=O) groups excluding carboxylic acids is 1. The van der Waals surface area contributed by atoms with Gasteiger partial charge in [0, 0.05) is 12.5 Å². The molecule has 2 aliphatic heterocycles. The lowest BCUT2D eigenvalue weighted by Gasteiger charge is -2.45. The van der Waals surface area contributed by atoms with Crippen LogP contribution in [0.25, 0.3) is 0 Å². The van der Waals surface area contributed by atoms with Gasteiger partial charge in [-0.15, -0.1) is 0 Å². The molecule has 1 amide bonds. The number of ether oxygens (including phenoxy) is 1. The highest BCUT2D eigenvalue weighted by Gasteiger charge is 2.40. The molecule has 3 heteroatoms. The van der Waals surface area contributed by atoms with E-state index in [1.807, 2.05) is 11.0 Å². The topological polar surface area (TPSA) is 29.5 Å². The standard InChI is InChI=1S/C15H17NO2/c1-18-15(17)16-10-11-7-8-14(16)13(9-11)12-5-3-2-4-6-12/h2-8,11,13-14H,9-10H2,1H3/t11-,13+,14+/m1/s1. The van der Waals surface area contributed by atoms with Crippen molar-refractivity contribution in [1.29, 1.82) is 0 Å². The van der Waals surface area contributed by atoms with Gasteiger partial charge in [0.1, 0.15) is 0 Å². The summed E-state index contributed by atoms with van der Waals surface area (Å²) in [6.45, 7) is 0.789. The quantitative estimate of drug-likeness (QED) is 0.710. The summed E-state index contributed by atoms with van der Waals surface area (Å²) >= 11 is 0. The van der Waals surface area contributed by atoms with Gasteiger partial charge in [-0.3, -0.25) is 0 Å². The van der Waals surface area contributed by atoms with Gasteiger partial charge in [0.15, 0.2) is 0 Å². The maximum absolute atomic E-state index is 11.8. The smallest absolute Gasteiger partial charge is 0.410 e. The Morgan fingerprint density at radius 3 is 2.72 bits per heavy atom. The van der Waals surface area contributed by atoms with Gasteiger partial charge in [0.2, 0.25) is 0 Å². The third-order valence-corrected chi connectivity index (χ3v) is 3.98. The monoisotopic (exact) mass is 243 g/mol. The van der Waals surface area contributed by atoms with Crippen LogP contribution in [0.1, 0.15) is 17.9 Å². The van der Waals surface area contributed by atoms with Crippen molar-refractivity contribution in [2.24, 2.45) is 5.92 Å². The van der Waals surface area contributed by atoms with Gasteiger partial charge in [-0.2, -0.15) is 0 Å². The van der Waals surface area contributed by atoms with E-state index in [1.165, 1.54) is 12.7 Å². The number of benzene rings is 1. The molecule has 3 nitrogen and oxygen atoms in total. The van der Waals surface area contributed by atoms with Crippen molar-refractivity contribution in [1.82, 2.24) is 4.90 Å². The van der Waals surface area contributed by atoms with Crippen molar-refractivity contribution in [3.63, 3.8) is 0 Å². The Kier molecular flexibility index (Phi) is 2.82. The number of hydrogen-bond acceptors (Lipinski definition) is 2. The Morgan fingerprint density at radius 1 is 1.28 bits per heavy atom. The molecule has 1 saturated heterocycles. The van der Waals surface area contributed by atoms with Gasteiger partial charge in [-0.05, 0) is 17.9 Å². The molecule has 18 heavy (non-hydrogen) atoms. The average molecular weight is 243 g/mol. The lowest BCUT2D eigenvalue weighted by molar-refractivity contribution is 0.0773. The molecule has 0 N–H and O–H groups in total. The molecule has 0 saturated carbocycles. The predicted octanol–water partition coefficient (Wildman–Crippen LogP) is 2.80. The summed E-state index contributed by atoms with van der Waals surface area (Å²) in [5.74, 6) is 0.855. The summed E-state index contributed by atoms with van der Waals surface area (Å²) in [5, 5.41) is 0. The molecule has 4 rings (SSSR count). The van der Waals surface area contributed by atoms with Crippen LogP contribution in [0, 0.1) is 5.92 Å². The Labute approximate surface area is 107 Å². The molecule has 2 heterocycles. The Morgan fingerprint density at radius 2 is 2.06 bits per heavy atom. The Bertz CT molecular complexity index is 469. The van der Waals surface area contributed by atoms with E-state index in [1.54, 1.807) is 0 Å². The minimum Gasteiger partial charge on any atom is -0.453 e. The second-order valence-electron chi connectivity index (χ2n) is 5.01. The summed E-state index contributed by atoms with van der Waals surface area (Å²) in [6.07, 6.45) is 5.31. The fourth-order valence-electron chi connectivity index (χ4n) is 3.13. The molecule has 0 spiro atoms. The fourth-order valence-corrected chi connectivity index (χ4v) is 3.13. The largest absolute Gasteiger partial charge is 0.453 e. The van der Waals surface area contributed by atoms with E-state index in [0.717, 1.165) is 13.0 Å². The summed E-state index contributed by atoms with van der Waals surface area (Å²) in [6, 6.07) is 10.6. The van der Waals surface area contributed by atoms with Gasteiger partial charge in [0.25, 0.3) is 0 Å². The fraction of sp³-hybridized carbons (Fsp3) is 0.400. The molecular weight excluding hydrogens is 226 g/mol. The summed E-state index contributed by atoms with van der Waals surface area (Å²) < 4.78 is 4.88. The third kappa shape index (κ3) is 1.80. The van der Waals surface area contributed by atoms with Gasteiger partial charge >= 0.3 is 6.09 Å². The van der Waals surface area contributed by atoms with Crippen molar-refractivity contribution in [3.8, 4) is 0 Å². The van der Waals surface area contributed by atoms with Crippen LogP contribution in [0.4, 0.5) is 4.79 Å². The van der Waals surface area contributed by atoms with Crippen LogP contribution in [0.2, 0.25) is 0 Å². The summed E-state index contributed by atoms with van der Waals surface area (Å²) in [5.41, 5.74) is 1.31. The number of rotatable bonds is 1. The number of fused-ring (bicyclic) bond motifs is 2. The molecule has 3 aliphatic rings. The number of methoxy groups -OCH3 is 1. The van der Waals surface area contributed by atoms with E-state index in [4.69, 9.17) is 4.74 Å². The number of carbonyl (C=O) groups is 1. The molecule has 1 aromatic rings. The van der Waals surface area contributed by atoms with Gasteiger partial charge in [0.05, 0.1) is 13.2 Å². The van der Waals surface area contributed by atoms with E-state index < -0.39 is 0 Å². The predicted molar refractivity (Wildman–Crippen MR) is 69.3 cm³/mol. The van der Waals surface area contributed by atoms with Gasteiger partial charge < -0.3 is 9.64 Å². The molecule has 0 aromatic heterocycles. The van der Waals surface area contributed by atoms with Crippen LogP contribution < -0.4 is 0 Å². The minimum absolute atomic E-state index is 0.143. The molecule has 0 radical (unpaired) electrons. The second-order valence-corrected chi connectivity index (χ2v) is 5.01. The van der Waals surface area contributed by atoms with E-state index in [0.29, 0.717) is 11.8 Å². The second kappa shape index (κ2) is 4.48. The van der Waals surface area contributed by atoms with E-state index in [9.17, 15) is 4.79 Å². The van der Waals surface area contributed by atoms with Gasteiger partial charge in [-0.1, -0.05) is 42.5 Å². The molecule has 3 atom stereocenters. The highest BCUT2D eigenvalue weighted by molar-refractivity contribution is 5.69. The average Bonchev–Trinajstić information content (AvgIpc) is 2.47. The zero-order valence-corrected chi connectivity index (χ0v) is 10.5. The summed E-state index contributed by atoms with van der Waals surface area (Å²) in [7, 11) is 1.45. The maximum atomic E-state index is 11.8. The normalized spacial score (nSPS) is 29.4.